The Balaban J connectivity index is 2.27. The van der Waals surface area contributed by atoms with Gasteiger partial charge >= 0.3 is 5.97 Å². The van der Waals surface area contributed by atoms with Crippen molar-refractivity contribution in [3.8, 4) is 11.4 Å². The normalized spacial score (nSPS) is 10.7. The van der Waals surface area contributed by atoms with Gasteiger partial charge in [0.15, 0.2) is 5.16 Å². The fourth-order valence-corrected chi connectivity index (χ4v) is 3.45. The predicted molar refractivity (Wildman–Crippen MR) is 102 cm³/mol. The molecule has 0 spiro atoms. The Morgan fingerprint density at radius 2 is 2.00 bits per heavy atom. The van der Waals surface area contributed by atoms with Gasteiger partial charge in [-0.25, -0.2) is 4.98 Å². The number of aromatic nitrogens is 2. The number of ether oxygens (including phenoxy) is 2. The molecular weight excluding hydrogens is 376 g/mol. The molecule has 0 atom stereocenters. The van der Waals surface area contributed by atoms with E-state index >= 15 is 0 Å². The first kappa shape index (κ1) is 18.3. The first-order valence-electron chi connectivity index (χ1n) is 7.60. The monoisotopic (exact) mass is 390 g/mol. The Morgan fingerprint density at radius 3 is 2.73 bits per heavy atom. The van der Waals surface area contributed by atoms with Crippen molar-refractivity contribution >= 4 is 40.2 Å². The van der Waals surface area contributed by atoms with Crippen LogP contribution in [0.25, 0.3) is 16.6 Å². The van der Waals surface area contributed by atoms with Crippen LogP contribution in [0.3, 0.4) is 0 Å². The summed E-state index contributed by atoms with van der Waals surface area (Å²) in [5.41, 5.74) is 0.723. The van der Waals surface area contributed by atoms with Crippen molar-refractivity contribution in [3.05, 3.63) is 57.8 Å². The summed E-state index contributed by atoms with van der Waals surface area (Å²) in [6, 6.07) is 12.0. The van der Waals surface area contributed by atoms with Crippen LogP contribution in [0.4, 0.5) is 0 Å². The highest BCUT2D eigenvalue weighted by atomic mass is 35.5. The van der Waals surface area contributed by atoms with E-state index in [0.717, 1.165) is 11.8 Å². The minimum absolute atomic E-state index is 0.0180. The van der Waals surface area contributed by atoms with Gasteiger partial charge < -0.3 is 9.47 Å². The lowest BCUT2D eigenvalue weighted by atomic mass is 10.2. The number of methoxy groups -OCH3 is 2. The first-order chi connectivity index (χ1) is 12.5. The van der Waals surface area contributed by atoms with Crippen molar-refractivity contribution in [1.29, 1.82) is 0 Å². The molecule has 0 fully saturated rings. The minimum atomic E-state index is -0.415. The maximum atomic E-state index is 13.1. The summed E-state index contributed by atoms with van der Waals surface area (Å²) in [4.78, 5) is 29.2. The lowest BCUT2D eigenvalue weighted by molar-refractivity contribution is -0.137. The molecule has 1 aromatic heterocycles. The third-order valence-corrected chi connectivity index (χ3v) is 4.82. The van der Waals surface area contributed by atoms with Crippen molar-refractivity contribution < 1.29 is 14.3 Å². The molecule has 0 aliphatic heterocycles. The number of benzene rings is 2. The van der Waals surface area contributed by atoms with E-state index < -0.39 is 5.97 Å². The molecule has 0 radical (unpaired) electrons. The summed E-state index contributed by atoms with van der Waals surface area (Å²) in [7, 11) is 2.84. The highest BCUT2D eigenvalue weighted by Crippen LogP contribution is 2.27. The number of halogens is 1. The van der Waals surface area contributed by atoms with E-state index in [2.05, 4.69) is 9.72 Å². The van der Waals surface area contributed by atoms with E-state index in [4.69, 9.17) is 16.3 Å². The van der Waals surface area contributed by atoms with E-state index in [1.807, 2.05) is 6.07 Å². The summed E-state index contributed by atoms with van der Waals surface area (Å²) < 4.78 is 11.5. The first-order valence-corrected chi connectivity index (χ1v) is 8.97. The molecule has 0 unspecified atom stereocenters. The number of carbonyl (C=O) groups excluding carboxylic acids is 1. The number of thioether (sulfide) groups is 1. The van der Waals surface area contributed by atoms with Crippen LogP contribution in [0.5, 0.6) is 5.75 Å². The number of hydrogen-bond acceptors (Lipinski definition) is 6. The molecule has 3 aromatic rings. The second-order valence-corrected chi connectivity index (χ2v) is 6.61. The van der Waals surface area contributed by atoms with Gasteiger partial charge in [-0.15, -0.1) is 0 Å². The average Bonchev–Trinajstić information content (AvgIpc) is 2.65. The number of nitrogens with zero attached hydrogens (tertiary/aromatic N) is 2. The van der Waals surface area contributed by atoms with Crippen LogP contribution in [-0.2, 0) is 9.53 Å². The van der Waals surface area contributed by atoms with E-state index in [0.29, 0.717) is 32.5 Å². The Bertz CT molecular complexity index is 1040. The van der Waals surface area contributed by atoms with Crippen LogP contribution in [0.15, 0.2) is 52.4 Å². The average molecular weight is 391 g/mol. The third-order valence-electron chi connectivity index (χ3n) is 3.67. The summed E-state index contributed by atoms with van der Waals surface area (Å²) >= 11 is 7.14. The van der Waals surface area contributed by atoms with Crippen LogP contribution in [0.1, 0.15) is 0 Å². The molecule has 1 heterocycles. The van der Waals surface area contributed by atoms with Crippen molar-refractivity contribution in [1.82, 2.24) is 9.55 Å². The van der Waals surface area contributed by atoms with Gasteiger partial charge in [0.25, 0.3) is 5.56 Å². The molecule has 0 saturated heterocycles. The molecular formula is C18H15ClN2O4S. The summed E-state index contributed by atoms with van der Waals surface area (Å²) in [5.74, 6) is 0.121. The van der Waals surface area contributed by atoms with E-state index in [9.17, 15) is 9.59 Å². The Labute approximate surface area is 158 Å². The number of rotatable bonds is 5. The van der Waals surface area contributed by atoms with Gasteiger partial charge in [0.05, 0.1) is 36.6 Å². The standard InChI is InChI=1S/C18H15ClN2O4S/c1-24-15-6-4-3-5-14(15)21-17(23)12-8-7-11(19)9-13(12)20-18(21)26-10-16(22)25-2/h3-9H,10H2,1-2H3. The maximum Gasteiger partial charge on any atom is 0.316 e. The summed E-state index contributed by atoms with van der Waals surface area (Å²) in [5, 5.41) is 1.24. The van der Waals surface area contributed by atoms with E-state index in [-0.39, 0.29) is 11.3 Å². The van der Waals surface area contributed by atoms with Crippen LogP contribution < -0.4 is 10.3 Å². The van der Waals surface area contributed by atoms with Crippen LogP contribution in [0, 0.1) is 0 Å². The molecule has 2 aromatic carbocycles. The molecule has 8 heteroatoms. The Hall–Kier alpha value is -2.51. The smallest absolute Gasteiger partial charge is 0.316 e. The number of esters is 1. The fourth-order valence-electron chi connectivity index (χ4n) is 2.44. The zero-order valence-corrected chi connectivity index (χ0v) is 15.6. The molecule has 3 rings (SSSR count). The molecule has 6 nitrogen and oxygen atoms in total. The maximum absolute atomic E-state index is 13.1. The van der Waals surface area contributed by atoms with Gasteiger partial charge in [0.1, 0.15) is 5.75 Å². The van der Waals surface area contributed by atoms with Gasteiger partial charge in [-0.2, -0.15) is 0 Å². The topological polar surface area (TPSA) is 70.4 Å². The molecule has 26 heavy (non-hydrogen) atoms. The lowest BCUT2D eigenvalue weighted by Crippen LogP contribution is -2.22. The van der Waals surface area contributed by atoms with Crippen molar-refractivity contribution in [2.75, 3.05) is 20.0 Å². The molecule has 0 aliphatic rings. The SMILES string of the molecule is COC(=O)CSc1nc2cc(Cl)ccc2c(=O)n1-c1ccccc1OC. The van der Waals surface area contributed by atoms with E-state index in [1.54, 1.807) is 36.4 Å². The summed E-state index contributed by atoms with van der Waals surface area (Å²) in [6.07, 6.45) is 0. The quantitative estimate of drug-likeness (QED) is 0.378. The molecule has 0 bridgehead atoms. The number of fused-ring (bicyclic) bond motifs is 1. The van der Waals surface area contributed by atoms with Crippen molar-refractivity contribution in [2.24, 2.45) is 0 Å². The molecule has 134 valence electrons. The van der Waals surface area contributed by atoms with Gasteiger partial charge in [-0.1, -0.05) is 35.5 Å². The Morgan fingerprint density at radius 1 is 1.23 bits per heavy atom. The van der Waals surface area contributed by atoms with Crippen LogP contribution in [0.2, 0.25) is 5.02 Å². The van der Waals surface area contributed by atoms with Crippen LogP contribution in [-0.4, -0.2) is 35.5 Å². The van der Waals surface area contributed by atoms with Gasteiger partial charge in [0.2, 0.25) is 0 Å². The van der Waals surface area contributed by atoms with Crippen molar-refractivity contribution in [3.63, 3.8) is 0 Å². The largest absolute Gasteiger partial charge is 0.495 e. The molecule has 0 N–H and O–H groups in total. The highest BCUT2D eigenvalue weighted by molar-refractivity contribution is 7.99. The second-order valence-electron chi connectivity index (χ2n) is 5.23. The second kappa shape index (κ2) is 7.80. The number of hydrogen-bond donors (Lipinski definition) is 0. The zero-order chi connectivity index (χ0) is 18.7. The summed E-state index contributed by atoms with van der Waals surface area (Å²) in [6.45, 7) is 0. The van der Waals surface area contributed by atoms with Gasteiger partial charge in [-0.3, -0.25) is 14.2 Å². The fraction of sp³-hybridized carbons (Fsp3) is 0.167. The van der Waals surface area contributed by atoms with Gasteiger partial charge in [-0.05, 0) is 30.3 Å². The molecule has 0 saturated carbocycles. The van der Waals surface area contributed by atoms with Crippen LogP contribution >= 0.6 is 23.4 Å². The minimum Gasteiger partial charge on any atom is -0.495 e. The van der Waals surface area contributed by atoms with Crippen molar-refractivity contribution in [2.45, 2.75) is 5.16 Å². The lowest BCUT2D eigenvalue weighted by Gasteiger charge is -2.15. The molecule has 0 aliphatic carbocycles. The Kier molecular flexibility index (Phi) is 5.49. The third kappa shape index (κ3) is 3.54. The van der Waals surface area contributed by atoms with Gasteiger partial charge in [0, 0.05) is 5.02 Å². The zero-order valence-electron chi connectivity index (χ0n) is 14.1. The number of para-hydroxylation sites is 2. The predicted octanol–water partition coefficient (Wildman–Crippen LogP) is 3.31. The molecule has 0 amide bonds. The highest BCUT2D eigenvalue weighted by Gasteiger charge is 2.17. The van der Waals surface area contributed by atoms with E-state index in [1.165, 1.54) is 18.8 Å². The number of carbonyl (C=O) groups is 1.